The van der Waals surface area contributed by atoms with Crippen LogP contribution in [0.4, 0.5) is 13.2 Å². The first-order valence-corrected chi connectivity index (χ1v) is 9.99. The van der Waals surface area contributed by atoms with Crippen LogP contribution >= 0.6 is 11.6 Å². The van der Waals surface area contributed by atoms with E-state index in [9.17, 15) is 26.4 Å². The van der Waals surface area contributed by atoms with Gasteiger partial charge in [0.25, 0.3) is 0 Å². The third kappa shape index (κ3) is 3.70. The fraction of sp³-hybridized carbons (Fsp3) is 0.562. The van der Waals surface area contributed by atoms with Crippen LogP contribution in [0.2, 0.25) is 5.02 Å². The maximum absolute atomic E-state index is 13.0. The quantitative estimate of drug-likeness (QED) is 0.770. The first-order chi connectivity index (χ1) is 12.0. The molecule has 1 aliphatic carbocycles. The van der Waals surface area contributed by atoms with Gasteiger partial charge < -0.3 is 4.90 Å². The van der Waals surface area contributed by atoms with Crippen molar-refractivity contribution in [3.63, 3.8) is 0 Å². The summed E-state index contributed by atoms with van der Waals surface area (Å²) < 4.78 is 65.4. The van der Waals surface area contributed by atoms with Crippen molar-refractivity contribution in [2.45, 2.75) is 24.4 Å². The molecule has 3 rings (SSSR count). The SMILES string of the molecule is C[C@H]1C[C@H]1C(=O)N1CCN(S(=O)(=O)c2ccc(Cl)c(C(F)(F)F)c2)CC1. The van der Waals surface area contributed by atoms with E-state index in [2.05, 4.69) is 0 Å². The summed E-state index contributed by atoms with van der Waals surface area (Å²) in [5.74, 6) is 0.406. The molecule has 0 unspecified atom stereocenters. The number of alkyl halides is 3. The molecule has 2 aliphatic rings. The highest BCUT2D eigenvalue weighted by atomic mass is 35.5. The Kier molecular flexibility index (Phi) is 5.00. The molecule has 1 saturated heterocycles. The standard InChI is InChI=1S/C16H18ClF3N2O3S/c1-10-8-12(10)15(23)21-4-6-22(7-5-21)26(24,25)11-2-3-14(17)13(9-11)16(18,19)20/h2-3,9-10,12H,4-8H2,1H3/t10-,12+/m0/s1. The molecule has 0 spiro atoms. The molecule has 1 aromatic rings. The molecular formula is C16H18ClF3N2O3S. The summed E-state index contributed by atoms with van der Waals surface area (Å²) in [5.41, 5.74) is -1.18. The molecule has 0 bridgehead atoms. The van der Waals surface area contributed by atoms with Crippen molar-refractivity contribution in [2.75, 3.05) is 26.2 Å². The highest BCUT2D eigenvalue weighted by Gasteiger charge is 2.43. The maximum Gasteiger partial charge on any atom is 0.417 e. The van der Waals surface area contributed by atoms with Crippen molar-refractivity contribution >= 4 is 27.5 Å². The van der Waals surface area contributed by atoms with Crippen LogP contribution in [0.3, 0.4) is 0 Å². The van der Waals surface area contributed by atoms with E-state index in [1.54, 1.807) is 4.90 Å². The number of sulfonamides is 1. The lowest BCUT2D eigenvalue weighted by Gasteiger charge is -2.34. The highest BCUT2D eigenvalue weighted by Crippen LogP contribution is 2.39. The molecule has 1 aromatic carbocycles. The van der Waals surface area contributed by atoms with E-state index >= 15 is 0 Å². The molecule has 0 aromatic heterocycles. The Hall–Kier alpha value is -1.32. The van der Waals surface area contributed by atoms with Gasteiger partial charge in [0, 0.05) is 32.1 Å². The monoisotopic (exact) mass is 410 g/mol. The maximum atomic E-state index is 13.0. The van der Waals surface area contributed by atoms with Crippen LogP contribution in [0.5, 0.6) is 0 Å². The molecule has 26 heavy (non-hydrogen) atoms. The van der Waals surface area contributed by atoms with Crippen molar-refractivity contribution in [2.24, 2.45) is 11.8 Å². The van der Waals surface area contributed by atoms with Crippen LogP contribution in [0.15, 0.2) is 23.1 Å². The smallest absolute Gasteiger partial charge is 0.340 e. The van der Waals surface area contributed by atoms with Gasteiger partial charge in [0.1, 0.15) is 0 Å². The topological polar surface area (TPSA) is 57.7 Å². The Morgan fingerprint density at radius 1 is 1.19 bits per heavy atom. The van der Waals surface area contributed by atoms with Gasteiger partial charge in [-0.1, -0.05) is 18.5 Å². The minimum Gasteiger partial charge on any atom is -0.340 e. The van der Waals surface area contributed by atoms with Crippen molar-refractivity contribution in [3.8, 4) is 0 Å². The normalized spacial score (nSPS) is 24.6. The molecule has 5 nitrogen and oxygen atoms in total. The van der Waals surface area contributed by atoms with E-state index < -0.39 is 31.7 Å². The third-order valence-electron chi connectivity index (χ3n) is 4.86. The summed E-state index contributed by atoms with van der Waals surface area (Å²) >= 11 is 5.55. The number of hydrogen-bond donors (Lipinski definition) is 0. The molecule has 1 aliphatic heterocycles. The van der Waals surface area contributed by atoms with E-state index in [1.807, 2.05) is 6.92 Å². The number of piperazine rings is 1. The molecule has 144 valence electrons. The second-order valence-corrected chi connectivity index (χ2v) is 9.03. The average molecular weight is 411 g/mol. The van der Waals surface area contributed by atoms with Crippen LogP contribution in [-0.2, 0) is 21.0 Å². The lowest BCUT2D eigenvalue weighted by molar-refractivity contribution is -0.137. The van der Waals surface area contributed by atoms with E-state index in [0.717, 1.165) is 22.9 Å². The molecule has 0 radical (unpaired) electrons. The van der Waals surface area contributed by atoms with Crippen molar-refractivity contribution < 1.29 is 26.4 Å². The Morgan fingerprint density at radius 3 is 2.27 bits per heavy atom. The predicted molar refractivity (Wildman–Crippen MR) is 89.1 cm³/mol. The Bertz CT molecular complexity index is 821. The van der Waals surface area contributed by atoms with Crippen LogP contribution in [0, 0.1) is 11.8 Å². The predicted octanol–water partition coefficient (Wildman–Crippen LogP) is 2.85. The number of rotatable bonds is 3. The second-order valence-electron chi connectivity index (χ2n) is 6.69. The van der Waals surface area contributed by atoms with Crippen LogP contribution in [0.25, 0.3) is 0 Å². The second kappa shape index (κ2) is 6.69. The van der Waals surface area contributed by atoms with Gasteiger partial charge in [0.15, 0.2) is 0 Å². The summed E-state index contributed by atoms with van der Waals surface area (Å²) in [4.78, 5) is 13.4. The Balaban J connectivity index is 1.74. The van der Waals surface area contributed by atoms with Gasteiger partial charge in [0.2, 0.25) is 15.9 Å². The summed E-state index contributed by atoms with van der Waals surface area (Å²) in [6, 6.07) is 2.56. The van der Waals surface area contributed by atoms with Crippen molar-refractivity contribution in [3.05, 3.63) is 28.8 Å². The van der Waals surface area contributed by atoms with E-state index in [0.29, 0.717) is 12.0 Å². The largest absolute Gasteiger partial charge is 0.417 e. The third-order valence-corrected chi connectivity index (χ3v) is 7.08. The molecule has 10 heteroatoms. The number of benzene rings is 1. The van der Waals surface area contributed by atoms with Crippen LogP contribution in [-0.4, -0.2) is 49.7 Å². The van der Waals surface area contributed by atoms with Crippen LogP contribution in [0.1, 0.15) is 18.9 Å². The first-order valence-electron chi connectivity index (χ1n) is 8.17. The van der Waals surface area contributed by atoms with Crippen molar-refractivity contribution in [1.29, 1.82) is 0 Å². The zero-order valence-corrected chi connectivity index (χ0v) is 15.5. The van der Waals surface area contributed by atoms with Gasteiger partial charge >= 0.3 is 6.18 Å². The van der Waals surface area contributed by atoms with E-state index in [1.165, 1.54) is 0 Å². The number of halogens is 4. The number of amides is 1. The Morgan fingerprint density at radius 2 is 1.77 bits per heavy atom. The summed E-state index contributed by atoms with van der Waals surface area (Å²) in [6.45, 7) is 2.57. The van der Waals surface area contributed by atoms with Gasteiger partial charge in [-0.3, -0.25) is 4.79 Å². The minimum absolute atomic E-state index is 0.0174. The molecule has 1 saturated carbocycles. The first kappa shape index (κ1) is 19.4. The molecule has 1 heterocycles. The molecule has 2 atom stereocenters. The zero-order chi connectivity index (χ0) is 19.3. The number of nitrogens with zero attached hydrogens (tertiary/aromatic N) is 2. The molecule has 2 fully saturated rings. The van der Waals surface area contributed by atoms with Gasteiger partial charge in [-0.2, -0.15) is 17.5 Å². The summed E-state index contributed by atoms with van der Waals surface area (Å²) in [6.07, 6.45) is -3.89. The van der Waals surface area contributed by atoms with Gasteiger partial charge in [0.05, 0.1) is 15.5 Å². The number of carbonyl (C=O) groups excluding carboxylic acids is 1. The fourth-order valence-corrected chi connectivity index (χ4v) is 4.75. The van der Waals surface area contributed by atoms with Gasteiger partial charge in [-0.25, -0.2) is 8.42 Å². The average Bonchev–Trinajstić information content (AvgIpc) is 3.30. The van der Waals surface area contributed by atoms with Gasteiger partial charge in [-0.05, 0) is 30.5 Å². The van der Waals surface area contributed by atoms with Gasteiger partial charge in [-0.15, -0.1) is 0 Å². The Labute approximate surface area is 154 Å². The number of carbonyl (C=O) groups is 1. The molecule has 0 N–H and O–H groups in total. The zero-order valence-electron chi connectivity index (χ0n) is 14.0. The number of hydrogen-bond acceptors (Lipinski definition) is 3. The summed E-state index contributed by atoms with van der Waals surface area (Å²) in [7, 11) is -4.09. The lowest BCUT2D eigenvalue weighted by atomic mass is 10.2. The van der Waals surface area contributed by atoms with Crippen LogP contribution < -0.4 is 0 Å². The highest BCUT2D eigenvalue weighted by molar-refractivity contribution is 7.89. The van der Waals surface area contributed by atoms with E-state index in [4.69, 9.17) is 11.6 Å². The fourth-order valence-electron chi connectivity index (χ4n) is 3.08. The molecule has 1 amide bonds. The minimum atomic E-state index is -4.74. The van der Waals surface area contributed by atoms with Crippen molar-refractivity contribution in [1.82, 2.24) is 9.21 Å². The molecular weight excluding hydrogens is 393 g/mol. The van der Waals surface area contributed by atoms with E-state index in [-0.39, 0.29) is 38.0 Å². The summed E-state index contributed by atoms with van der Waals surface area (Å²) in [5, 5.41) is -0.551. The lowest BCUT2D eigenvalue weighted by Crippen LogP contribution is -2.51.